The van der Waals surface area contributed by atoms with Crippen LogP contribution in [0.4, 0.5) is 4.79 Å². The second kappa shape index (κ2) is 7.63. The van der Waals surface area contributed by atoms with Crippen LogP contribution in [0.25, 0.3) is 0 Å². The van der Waals surface area contributed by atoms with E-state index >= 15 is 0 Å². The van der Waals surface area contributed by atoms with Gasteiger partial charge in [-0.05, 0) is 26.0 Å². The van der Waals surface area contributed by atoms with Gasteiger partial charge in [0.1, 0.15) is 17.3 Å². The number of ketones is 1. The van der Waals surface area contributed by atoms with E-state index in [0.717, 1.165) is 0 Å². The summed E-state index contributed by atoms with van der Waals surface area (Å²) in [6, 6.07) is 7.16. The lowest BCUT2D eigenvalue weighted by Gasteiger charge is -2.49. The lowest BCUT2D eigenvalue weighted by molar-refractivity contribution is -0.198. The average molecular weight is 363 g/mol. The van der Waals surface area contributed by atoms with Crippen molar-refractivity contribution in [2.45, 2.75) is 38.6 Å². The van der Waals surface area contributed by atoms with Crippen molar-refractivity contribution in [1.29, 1.82) is 0 Å². The summed E-state index contributed by atoms with van der Waals surface area (Å²) in [6.45, 7) is 5.15. The second-order valence-electron chi connectivity index (χ2n) is 6.55. The first-order chi connectivity index (χ1) is 12.5. The standard InChI is InChI=1S/C19H25NO6/c1-3-24-17(25-4-2)15-16(21)13-7-5-6-8-14(13)26-19(15)9-11-20(12-10-19)18(22)23/h5-8,15,17H,3-4,9-12H2,1-2H3,(H,22,23). The minimum Gasteiger partial charge on any atom is -0.485 e. The molecule has 1 saturated heterocycles. The normalized spacial score (nSPS) is 21.6. The van der Waals surface area contributed by atoms with Gasteiger partial charge < -0.3 is 24.2 Å². The highest BCUT2D eigenvalue weighted by Crippen LogP contribution is 2.45. The smallest absolute Gasteiger partial charge is 0.407 e. The summed E-state index contributed by atoms with van der Waals surface area (Å²) in [6.07, 6.45) is -0.839. The highest BCUT2D eigenvalue weighted by molar-refractivity contribution is 6.02. The molecule has 1 amide bonds. The van der Waals surface area contributed by atoms with Gasteiger partial charge in [-0.3, -0.25) is 4.79 Å². The van der Waals surface area contributed by atoms with Crippen molar-refractivity contribution < 1.29 is 28.9 Å². The van der Waals surface area contributed by atoms with Crippen LogP contribution in [-0.2, 0) is 9.47 Å². The molecule has 0 radical (unpaired) electrons. The number of ether oxygens (including phenoxy) is 3. The molecule has 1 spiro atoms. The van der Waals surface area contributed by atoms with Gasteiger partial charge in [0.2, 0.25) is 0 Å². The molecular formula is C19H25NO6. The Morgan fingerprint density at radius 1 is 1.27 bits per heavy atom. The lowest BCUT2D eigenvalue weighted by atomic mass is 9.73. The summed E-state index contributed by atoms with van der Waals surface area (Å²) < 4.78 is 17.9. The maximum absolute atomic E-state index is 13.3. The number of carboxylic acid groups (broad SMARTS) is 1. The molecule has 0 saturated carbocycles. The van der Waals surface area contributed by atoms with E-state index in [9.17, 15) is 14.7 Å². The fourth-order valence-corrected chi connectivity index (χ4v) is 3.88. The third kappa shape index (κ3) is 3.29. The van der Waals surface area contributed by atoms with E-state index in [-0.39, 0.29) is 5.78 Å². The van der Waals surface area contributed by atoms with Gasteiger partial charge in [0, 0.05) is 39.1 Å². The second-order valence-corrected chi connectivity index (χ2v) is 6.55. The van der Waals surface area contributed by atoms with Crippen LogP contribution in [0, 0.1) is 5.92 Å². The molecule has 3 rings (SSSR count). The summed E-state index contributed by atoms with van der Waals surface area (Å²) in [5.74, 6) is -0.153. The maximum atomic E-state index is 13.3. The Morgan fingerprint density at radius 2 is 1.88 bits per heavy atom. The van der Waals surface area contributed by atoms with E-state index in [1.54, 1.807) is 18.2 Å². The zero-order valence-electron chi connectivity index (χ0n) is 15.1. The number of hydrogen-bond donors (Lipinski definition) is 1. The molecule has 2 aliphatic heterocycles. The summed E-state index contributed by atoms with van der Waals surface area (Å²) in [4.78, 5) is 26.0. The van der Waals surface area contributed by atoms with Gasteiger partial charge in [-0.25, -0.2) is 4.79 Å². The fourth-order valence-electron chi connectivity index (χ4n) is 3.88. The molecule has 26 heavy (non-hydrogen) atoms. The molecule has 7 heteroatoms. The van der Waals surface area contributed by atoms with E-state index in [1.807, 2.05) is 19.9 Å². The summed E-state index contributed by atoms with van der Waals surface area (Å²) in [7, 11) is 0. The molecule has 1 fully saturated rings. The van der Waals surface area contributed by atoms with Gasteiger partial charge in [0.05, 0.1) is 5.56 Å². The Morgan fingerprint density at radius 3 is 2.46 bits per heavy atom. The SMILES string of the molecule is CCOC(OCC)C1C(=O)c2ccccc2OC12CCN(C(=O)O)CC2. The Kier molecular flexibility index (Phi) is 5.48. The molecule has 2 heterocycles. The van der Waals surface area contributed by atoms with Gasteiger partial charge in [0.15, 0.2) is 12.1 Å². The van der Waals surface area contributed by atoms with Crippen molar-refractivity contribution in [1.82, 2.24) is 4.90 Å². The number of Topliss-reactive ketones (excluding diaryl/α,β-unsaturated/α-hetero) is 1. The van der Waals surface area contributed by atoms with E-state index < -0.39 is 23.9 Å². The largest absolute Gasteiger partial charge is 0.485 e. The van der Waals surface area contributed by atoms with Gasteiger partial charge in [-0.2, -0.15) is 0 Å². The third-order valence-corrected chi connectivity index (χ3v) is 5.13. The topological polar surface area (TPSA) is 85.3 Å². The first kappa shape index (κ1) is 18.7. The van der Waals surface area contributed by atoms with Crippen LogP contribution in [-0.4, -0.2) is 60.1 Å². The Labute approximate surface area is 152 Å². The first-order valence-electron chi connectivity index (χ1n) is 9.05. The Hall–Kier alpha value is -2.12. The molecule has 0 aromatic heterocycles. The molecule has 0 aliphatic carbocycles. The average Bonchev–Trinajstić information content (AvgIpc) is 2.62. The first-order valence-corrected chi connectivity index (χ1v) is 9.05. The number of fused-ring (bicyclic) bond motifs is 1. The number of benzene rings is 1. The number of hydrogen-bond acceptors (Lipinski definition) is 5. The van der Waals surface area contributed by atoms with Crippen molar-refractivity contribution in [3.8, 4) is 5.75 Å². The highest BCUT2D eigenvalue weighted by atomic mass is 16.7. The van der Waals surface area contributed by atoms with Crippen molar-refractivity contribution in [3.63, 3.8) is 0 Å². The number of carbonyl (C=O) groups is 2. The molecule has 1 aromatic rings. The van der Waals surface area contributed by atoms with Crippen molar-refractivity contribution in [2.24, 2.45) is 5.92 Å². The fraction of sp³-hybridized carbons (Fsp3) is 0.579. The molecule has 142 valence electrons. The predicted octanol–water partition coefficient (Wildman–Crippen LogP) is 2.79. The number of para-hydroxylation sites is 1. The predicted molar refractivity (Wildman–Crippen MR) is 93.5 cm³/mol. The van der Waals surface area contributed by atoms with Crippen LogP contribution >= 0.6 is 0 Å². The molecule has 1 unspecified atom stereocenters. The van der Waals surface area contributed by atoms with E-state index in [2.05, 4.69) is 0 Å². The molecule has 1 aromatic carbocycles. The molecule has 1 atom stereocenters. The summed E-state index contributed by atoms with van der Waals surface area (Å²) in [5, 5.41) is 9.25. The number of nitrogens with zero attached hydrogens (tertiary/aromatic N) is 1. The van der Waals surface area contributed by atoms with Gasteiger partial charge in [-0.15, -0.1) is 0 Å². The van der Waals surface area contributed by atoms with Gasteiger partial charge in [-0.1, -0.05) is 12.1 Å². The van der Waals surface area contributed by atoms with E-state index in [0.29, 0.717) is 50.5 Å². The Balaban J connectivity index is 1.99. The highest BCUT2D eigenvalue weighted by Gasteiger charge is 2.55. The van der Waals surface area contributed by atoms with Gasteiger partial charge in [0.25, 0.3) is 0 Å². The van der Waals surface area contributed by atoms with Crippen molar-refractivity contribution in [3.05, 3.63) is 29.8 Å². The van der Waals surface area contributed by atoms with Crippen LogP contribution in [0.3, 0.4) is 0 Å². The van der Waals surface area contributed by atoms with Crippen molar-refractivity contribution >= 4 is 11.9 Å². The van der Waals surface area contributed by atoms with Crippen LogP contribution < -0.4 is 4.74 Å². The van der Waals surface area contributed by atoms with E-state index in [1.165, 1.54) is 4.90 Å². The van der Waals surface area contributed by atoms with Crippen LogP contribution in [0.5, 0.6) is 5.75 Å². The van der Waals surface area contributed by atoms with Crippen LogP contribution in [0.1, 0.15) is 37.0 Å². The van der Waals surface area contributed by atoms with Crippen LogP contribution in [0.15, 0.2) is 24.3 Å². The number of carbonyl (C=O) groups excluding carboxylic acids is 1. The molecule has 7 nitrogen and oxygen atoms in total. The summed E-state index contributed by atoms with van der Waals surface area (Å²) >= 11 is 0. The third-order valence-electron chi connectivity index (χ3n) is 5.13. The summed E-state index contributed by atoms with van der Waals surface area (Å²) in [5.41, 5.74) is -0.306. The van der Waals surface area contributed by atoms with Crippen LogP contribution in [0.2, 0.25) is 0 Å². The van der Waals surface area contributed by atoms with E-state index in [4.69, 9.17) is 14.2 Å². The number of amides is 1. The van der Waals surface area contributed by atoms with Gasteiger partial charge >= 0.3 is 6.09 Å². The number of likely N-dealkylation sites (tertiary alicyclic amines) is 1. The minimum absolute atomic E-state index is 0.0671. The zero-order valence-corrected chi connectivity index (χ0v) is 15.1. The minimum atomic E-state index is -0.954. The molecule has 2 aliphatic rings. The van der Waals surface area contributed by atoms with Crippen molar-refractivity contribution in [2.75, 3.05) is 26.3 Å². The molecular weight excluding hydrogens is 338 g/mol. The monoisotopic (exact) mass is 363 g/mol. The molecule has 1 N–H and O–H groups in total. The zero-order chi connectivity index (χ0) is 18.7. The number of piperidine rings is 1. The Bertz CT molecular complexity index is 662. The lowest BCUT2D eigenvalue weighted by Crippen LogP contribution is -2.61. The molecule has 0 bridgehead atoms. The quantitative estimate of drug-likeness (QED) is 0.810. The maximum Gasteiger partial charge on any atom is 0.407 e. The number of rotatable bonds is 5.